The van der Waals surface area contributed by atoms with Crippen molar-refractivity contribution < 1.29 is 63.1 Å². The fourth-order valence-corrected chi connectivity index (χ4v) is 8.91. The summed E-state index contributed by atoms with van der Waals surface area (Å²) in [7, 11) is -5.11. The lowest BCUT2D eigenvalue weighted by atomic mass is 9.85. The minimum atomic E-state index is -5.11. The molecule has 0 aromatic rings. The first-order valence-corrected chi connectivity index (χ1v) is 26.3. The molecule has 1 rings (SSSR count). The number of phosphoric acid groups is 1. The Morgan fingerprint density at radius 1 is 0.443 bits per heavy atom. The molecule has 0 aromatic heterocycles. The molecule has 1 saturated carbocycles. The molecule has 0 spiro atoms. The molecule has 8 atom stereocenters. The summed E-state index contributed by atoms with van der Waals surface area (Å²) < 4.78 is 33.6. The van der Waals surface area contributed by atoms with Gasteiger partial charge < -0.3 is 39.9 Å². The van der Waals surface area contributed by atoms with E-state index in [-0.39, 0.29) is 12.8 Å². The molecule has 1 fully saturated rings. The first kappa shape index (κ1) is 57.9. The van der Waals surface area contributed by atoms with Gasteiger partial charge in [-0.3, -0.25) is 18.6 Å². The zero-order valence-corrected chi connectivity index (χ0v) is 39.4. The first-order chi connectivity index (χ1) is 29.4. The summed E-state index contributed by atoms with van der Waals surface area (Å²) in [6, 6.07) is 0. The monoisotopic (exact) mass is 895 g/mol. The molecule has 13 nitrogen and oxygen atoms in total. The Morgan fingerprint density at radius 2 is 0.738 bits per heavy atom. The van der Waals surface area contributed by atoms with Gasteiger partial charge in [-0.1, -0.05) is 206 Å². The molecule has 1 aliphatic rings. The van der Waals surface area contributed by atoms with Crippen LogP contribution in [0.3, 0.4) is 0 Å². The van der Waals surface area contributed by atoms with Gasteiger partial charge in [-0.2, -0.15) is 0 Å². The number of hydrogen-bond acceptors (Lipinski definition) is 12. The van der Waals surface area contributed by atoms with E-state index >= 15 is 0 Å². The van der Waals surface area contributed by atoms with E-state index in [2.05, 4.69) is 13.8 Å². The lowest BCUT2D eigenvalue weighted by molar-refractivity contribution is -0.220. The second-order valence-electron chi connectivity index (χ2n) is 17.7. The van der Waals surface area contributed by atoms with Crippen molar-refractivity contribution in [1.82, 2.24) is 0 Å². The highest BCUT2D eigenvalue weighted by atomic mass is 31.2. The van der Waals surface area contributed by atoms with Gasteiger partial charge in [-0.25, -0.2) is 4.57 Å². The van der Waals surface area contributed by atoms with Gasteiger partial charge in [0.1, 0.15) is 43.2 Å². The molecule has 0 bridgehead atoms. The maximum Gasteiger partial charge on any atom is 0.472 e. The SMILES string of the molecule is CCCCCCCCCCCCCCCCCCCCCCC(=O)O[C@H](COC(=O)CCCCCCCCCCCCCC)COP(=O)(O)OC1C(O)C(O)C(O)[C@@H](O)C1O. The standard InChI is InChI=1S/C47H91O13P/c1-3-5-7-9-11-13-15-17-18-19-20-21-22-23-24-26-28-30-32-34-36-41(49)59-39(37-57-40(48)35-33-31-29-27-25-16-14-12-10-8-6-4-2)38-58-61(55,56)60-47-45(53)43(51)42(50)44(52)46(47)54/h39,42-47,50-54H,3-38H2,1-2H3,(H,55,56)/t39-,42?,43-,44?,45?,46?,47?/m1/s1. The van der Waals surface area contributed by atoms with Gasteiger partial charge in [0.2, 0.25) is 0 Å². The zero-order chi connectivity index (χ0) is 45.0. The second kappa shape index (κ2) is 38.2. The second-order valence-corrected chi connectivity index (χ2v) is 19.1. The van der Waals surface area contributed by atoms with Crippen LogP contribution in [-0.4, -0.2) is 98.3 Å². The lowest BCUT2D eigenvalue weighted by Gasteiger charge is -2.41. The smallest absolute Gasteiger partial charge is 0.462 e. The third-order valence-electron chi connectivity index (χ3n) is 11.9. The summed E-state index contributed by atoms with van der Waals surface area (Å²) in [5.74, 6) is -1.08. The van der Waals surface area contributed by atoms with Crippen LogP contribution in [0, 0.1) is 0 Å². The van der Waals surface area contributed by atoms with Crippen LogP contribution in [0.1, 0.15) is 232 Å². The summed E-state index contributed by atoms with van der Waals surface area (Å²) in [4.78, 5) is 35.7. The van der Waals surface area contributed by atoms with Gasteiger partial charge >= 0.3 is 19.8 Å². The number of carbonyl (C=O) groups excluding carboxylic acids is 2. The van der Waals surface area contributed by atoms with Crippen LogP contribution in [0.25, 0.3) is 0 Å². The molecule has 1 aliphatic carbocycles. The highest BCUT2D eigenvalue weighted by Crippen LogP contribution is 2.47. The number of rotatable bonds is 42. The molecule has 362 valence electrons. The average Bonchev–Trinajstić information content (AvgIpc) is 3.24. The Labute approximate surface area is 370 Å². The number of phosphoric ester groups is 1. The maximum absolute atomic E-state index is 12.8. The van der Waals surface area contributed by atoms with Crippen molar-refractivity contribution in [2.45, 2.75) is 275 Å². The number of hydrogen-bond donors (Lipinski definition) is 6. The van der Waals surface area contributed by atoms with E-state index in [0.29, 0.717) is 12.8 Å². The van der Waals surface area contributed by atoms with Gasteiger partial charge in [-0.05, 0) is 12.8 Å². The van der Waals surface area contributed by atoms with Crippen LogP contribution >= 0.6 is 7.82 Å². The quantitative estimate of drug-likeness (QED) is 0.0192. The van der Waals surface area contributed by atoms with Crippen LogP contribution in [0.4, 0.5) is 0 Å². The lowest BCUT2D eigenvalue weighted by Crippen LogP contribution is -2.64. The van der Waals surface area contributed by atoms with Crippen molar-refractivity contribution >= 4 is 19.8 Å². The van der Waals surface area contributed by atoms with E-state index in [0.717, 1.165) is 38.5 Å². The molecule has 0 heterocycles. The molecule has 14 heteroatoms. The minimum Gasteiger partial charge on any atom is -0.462 e. The normalized spacial score (nSPS) is 21.9. The maximum atomic E-state index is 12.8. The minimum absolute atomic E-state index is 0.105. The number of aliphatic hydroxyl groups excluding tert-OH is 5. The van der Waals surface area contributed by atoms with E-state index < -0.39 is 75.7 Å². The van der Waals surface area contributed by atoms with Crippen molar-refractivity contribution in [3.05, 3.63) is 0 Å². The molecule has 0 amide bonds. The van der Waals surface area contributed by atoms with Crippen LogP contribution in [0.5, 0.6) is 0 Å². The first-order valence-electron chi connectivity index (χ1n) is 24.8. The number of carbonyl (C=O) groups is 2. The summed E-state index contributed by atoms with van der Waals surface area (Å²) in [6.07, 6.45) is 25.9. The zero-order valence-electron chi connectivity index (χ0n) is 38.5. The number of unbranched alkanes of at least 4 members (excludes halogenated alkanes) is 30. The van der Waals surface area contributed by atoms with Gasteiger partial charge in [0.05, 0.1) is 6.61 Å². The Bertz CT molecular complexity index is 1080. The summed E-state index contributed by atoms with van der Waals surface area (Å²) in [6.45, 7) is 3.33. The fraction of sp³-hybridized carbons (Fsp3) is 0.957. The molecular weight excluding hydrogens is 803 g/mol. The van der Waals surface area contributed by atoms with Crippen molar-refractivity contribution in [3.8, 4) is 0 Å². The highest BCUT2D eigenvalue weighted by molar-refractivity contribution is 7.47. The Morgan fingerprint density at radius 3 is 1.08 bits per heavy atom. The third-order valence-corrected chi connectivity index (χ3v) is 12.9. The molecule has 0 saturated heterocycles. The highest BCUT2D eigenvalue weighted by Gasteiger charge is 2.51. The predicted molar refractivity (Wildman–Crippen MR) is 240 cm³/mol. The van der Waals surface area contributed by atoms with E-state index in [1.807, 2.05) is 0 Å². The largest absolute Gasteiger partial charge is 0.472 e. The molecule has 0 aromatic carbocycles. The molecule has 6 unspecified atom stereocenters. The van der Waals surface area contributed by atoms with Crippen molar-refractivity contribution in [2.75, 3.05) is 13.2 Å². The van der Waals surface area contributed by atoms with Gasteiger partial charge in [0.25, 0.3) is 0 Å². The van der Waals surface area contributed by atoms with E-state index in [4.69, 9.17) is 18.5 Å². The topological polar surface area (TPSA) is 210 Å². The Kier molecular flexibility index (Phi) is 36.2. The van der Waals surface area contributed by atoms with Gasteiger partial charge in [0.15, 0.2) is 6.10 Å². The van der Waals surface area contributed by atoms with Crippen LogP contribution in [0.15, 0.2) is 0 Å². The summed E-state index contributed by atoms with van der Waals surface area (Å²) >= 11 is 0. The number of esters is 2. The van der Waals surface area contributed by atoms with Crippen molar-refractivity contribution in [1.29, 1.82) is 0 Å². The van der Waals surface area contributed by atoms with Gasteiger partial charge in [-0.15, -0.1) is 0 Å². The predicted octanol–water partition coefficient (Wildman–Crippen LogP) is 10.1. The molecular formula is C47H91O13P. The Hall–Kier alpha value is -1.15. The average molecular weight is 895 g/mol. The van der Waals surface area contributed by atoms with Crippen molar-refractivity contribution in [2.24, 2.45) is 0 Å². The van der Waals surface area contributed by atoms with Crippen molar-refractivity contribution in [3.63, 3.8) is 0 Å². The third kappa shape index (κ3) is 30.6. The fourth-order valence-electron chi connectivity index (χ4n) is 7.94. The molecule has 0 aliphatic heterocycles. The van der Waals surface area contributed by atoms with Gasteiger partial charge in [0, 0.05) is 12.8 Å². The van der Waals surface area contributed by atoms with Crippen LogP contribution < -0.4 is 0 Å². The summed E-state index contributed by atoms with van der Waals surface area (Å²) in [5.41, 5.74) is 0. The summed E-state index contributed by atoms with van der Waals surface area (Å²) in [5, 5.41) is 50.2. The van der Waals surface area contributed by atoms with Crippen LogP contribution in [-0.2, 0) is 32.7 Å². The van der Waals surface area contributed by atoms with E-state index in [1.165, 1.54) is 154 Å². The molecule has 61 heavy (non-hydrogen) atoms. The molecule has 6 N–H and O–H groups in total. The Balaban J connectivity index is 2.38. The van der Waals surface area contributed by atoms with E-state index in [1.54, 1.807) is 0 Å². The van der Waals surface area contributed by atoms with Crippen LogP contribution in [0.2, 0.25) is 0 Å². The number of ether oxygens (including phenoxy) is 2. The number of aliphatic hydroxyl groups is 5. The van der Waals surface area contributed by atoms with E-state index in [9.17, 15) is 44.6 Å². The molecule has 0 radical (unpaired) electrons.